The number of nitrogen functional groups attached to an aromatic ring is 1. The quantitative estimate of drug-likeness (QED) is 0.732. The van der Waals surface area contributed by atoms with Crippen LogP contribution in [0.15, 0.2) is 30.3 Å². The van der Waals surface area contributed by atoms with E-state index in [0.29, 0.717) is 5.82 Å². The van der Waals surface area contributed by atoms with Crippen molar-refractivity contribution in [1.82, 2.24) is 15.0 Å². The highest BCUT2D eigenvalue weighted by Gasteiger charge is 2.09. The second-order valence-electron chi connectivity index (χ2n) is 3.43. The Labute approximate surface area is 106 Å². The van der Waals surface area contributed by atoms with Gasteiger partial charge in [0.15, 0.2) is 5.82 Å². The molecule has 0 bridgehead atoms. The number of halogens is 1. The van der Waals surface area contributed by atoms with Crippen LogP contribution in [0.4, 0.5) is 5.95 Å². The molecule has 0 saturated heterocycles. The van der Waals surface area contributed by atoms with Gasteiger partial charge in [-0.2, -0.15) is 15.0 Å². The lowest BCUT2D eigenvalue weighted by Crippen LogP contribution is -1.98. The third kappa shape index (κ3) is 1.94. The lowest BCUT2D eigenvalue weighted by Gasteiger charge is -1.97. The molecule has 0 unspecified atom stereocenters. The topological polar surface area (TPSA) is 64.7 Å². The summed E-state index contributed by atoms with van der Waals surface area (Å²) in [4.78, 5) is 12.8. The number of benzene rings is 1. The first-order valence-electron chi connectivity index (χ1n) is 4.88. The minimum absolute atomic E-state index is 0.116. The first kappa shape index (κ1) is 10.4. The van der Waals surface area contributed by atoms with Crippen molar-refractivity contribution in [1.29, 1.82) is 0 Å². The van der Waals surface area contributed by atoms with Gasteiger partial charge in [-0.05, 0) is 29.1 Å². The number of hydrogen-bond donors (Lipinski definition) is 1. The maximum absolute atomic E-state index is 5.76. The van der Waals surface area contributed by atoms with E-state index in [1.165, 1.54) is 4.70 Å². The summed E-state index contributed by atoms with van der Waals surface area (Å²) in [5.41, 5.74) is 5.55. The first-order chi connectivity index (χ1) is 8.22. The number of aromatic nitrogens is 3. The summed E-state index contributed by atoms with van der Waals surface area (Å²) >= 11 is 7.36. The van der Waals surface area contributed by atoms with Crippen LogP contribution < -0.4 is 5.73 Å². The number of thiophene rings is 1. The molecule has 0 amide bonds. The molecule has 6 heteroatoms. The van der Waals surface area contributed by atoms with E-state index < -0.39 is 0 Å². The SMILES string of the molecule is Nc1nc(Cl)nc(-c2cc3ccccc3s2)n1. The normalized spacial score (nSPS) is 10.9. The van der Waals surface area contributed by atoms with Crippen LogP contribution in [0.5, 0.6) is 0 Å². The van der Waals surface area contributed by atoms with Gasteiger partial charge in [-0.1, -0.05) is 18.2 Å². The predicted octanol–water partition coefficient (Wildman–Crippen LogP) is 2.99. The Morgan fingerprint density at radius 2 is 1.94 bits per heavy atom. The zero-order valence-corrected chi connectivity index (χ0v) is 10.2. The summed E-state index contributed by atoms with van der Waals surface area (Å²) in [5.74, 6) is 0.654. The Kier molecular flexibility index (Phi) is 2.42. The van der Waals surface area contributed by atoms with Crippen molar-refractivity contribution < 1.29 is 0 Å². The summed E-state index contributed by atoms with van der Waals surface area (Å²) in [6.07, 6.45) is 0. The van der Waals surface area contributed by atoms with Gasteiger partial charge >= 0.3 is 0 Å². The molecule has 0 aliphatic heterocycles. The number of nitrogens with zero attached hydrogens (tertiary/aromatic N) is 3. The van der Waals surface area contributed by atoms with E-state index >= 15 is 0 Å². The fraction of sp³-hybridized carbons (Fsp3) is 0. The van der Waals surface area contributed by atoms with Crippen molar-refractivity contribution in [2.24, 2.45) is 0 Å². The first-order valence-corrected chi connectivity index (χ1v) is 6.08. The van der Waals surface area contributed by atoms with Gasteiger partial charge in [0.25, 0.3) is 0 Å². The number of anilines is 1. The molecule has 0 spiro atoms. The summed E-state index contributed by atoms with van der Waals surface area (Å²) in [5, 5.41) is 1.27. The van der Waals surface area contributed by atoms with E-state index in [-0.39, 0.29) is 11.2 Å². The maximum atomic E-state index is 5.76. The molecule has 0 saturated carbocycles. The van der Waals surface area contributed by atoms with Gasteiger partial charge in [-0.15, -0.1) is 11.3 Å². The van der Waals surface area contributed by atoms with Gasteiger partial charge in [0.2, 0.25) is 11.2 Å². The Morgan fingerprint density at radius 1 is 1.12 bits per heavy atom. The molecule has 0 aliphatic rings. The van der Waals surface area contributed by atoms with E-state index in [2.05, 4.69) is 21.0 Å². The molecular weight excluding hydrogens is 256 g/mol. The molecule has 0 aliphatic carbocycles. The molecule has 2 aromatic heterocycles. The smallest absolute Gasteiger partial charge is 0.227 e. The van der Waals surface area contributed by atoms with Crippen LogP contribution in [0.3, 0.4) is 0 Å². The zero-order valence-electron chi connectivity index (χ0n) is 8.59. The van der Waals surface area contributed by atoms with E-state index in [4.69, 9.17) is 17.3 Å². The van der Waals surface area contributed by atoms with Crippen molar-refractivity contribution in [3.63, 3.8) is 0 Å². The predicted molar refractivity (Wildman–Crippen MR) is 70.1 cm³/mol. The minimum Gasteiger partial charge on any atom is -0.368 e. The molecule has 17 heavy (non-hydrogen) atoms. The zero-order chi connectivity index (χ0) is 11.8. The van der Waals surface area contributed by atoms with Gasteiger partial charge < -0.3 is 5.73 Å². The van der Waals surface area contributed by atoms with Crippen molar-refractivity contribution in [3.8, 4) is 10.7 Å². The summed E-state index contributed by atoms with van der Waals surface area (Å²) in [7, 11) is 0. The summed E-state index contributed by atoms with van der Waals surface area (Å²) in [6.45, 7) is 0. The highest BCUT2D eigenvalue weighted by atomic mass is 35.5. The van der Waals surface area contributed by atoms with Gasteiger partial charge in [-0.25, -0.2) is 0 Å². The second-order valence-corrected chi connectivity index (χ2v) is 4.86. The Hall–Kier alpha value is -1.72. The lowest BCUT2D eigenvalue weighted by molar-refractivity contribution is 1.08. The Morgan fingerprint density at radius 3 is 2.71 bits per heavy atom. The highest BCUT2D eigenvalue weighted by Crippen LogP contribution is 2.31. The maximum Gasteiger partial charge on any atom is 0.227 e. The van der Waals surface area contributed by atoms with Gasteiger partial charge in [0, 0.05) is 4.70 Å². The Balaban J connectivity index is 2.20. The fourth-order valence-electron chi connectivity index (χ4n) is 1.57. The van der Waals surface area contributed by atoms with Crippen LogP contribution in [-0.4, -0.2) is 15.0 Å². The van der Waals surface area contributed by atoms with Gasteiger partial charge in [0.05, 0.1) is 4.88 Å². The van der Waals surface area contributed by atoms with Crippen molar-refractivity contribution in [3.05, 3.63) is 35.6 Å². The number of rotatable bonds is 1. The molecule has 0 fully saturated rings. The van der Waals surface area contributed by atoms with Gasteiger partial charge in [0.1, 0.15) is 0 Å². The van der Waals surface area contributed by atoms with E-state index in [0.717, 1.165) is 10.3 Å². The van der Waals surface area contributed by atoms with Crippen LogP contribution >= 0.6 is 22.9 Å². The van der Waals surface area contributed by atoms with Crippen molar-refractivity contribution >= 4 is 39.0 Å². The van der Waals surface area contributed by atoms with E-state index in [1.807, 2.05) is 24.3 Å². The van der Waals surface area contributed by atoms with Crippen LogP contribution in [0, 0.1) is 0 Å². The third-order valence-corrected chi connectivity index (χ3v) is 3.55. The fourth-order valence-corrected chi connectivity index (χ4v) is 2.73. The number of fused-ring (bicyclic) bond motifs is 1. The minimum atomic E-state index is 0.116. The monoisotopic (exact) mass is 262 g/mol. The van der Waals surface area contributed by atoms with Crippen LogP contribution in [-0.2, 0) is 0 Å². The Bertz CT molecular complexity index is 642. The third-order valence-electron chi connectivity index (χ3n) is 2.27. The molecule has 3 rings (SSSR count). The molecule has 3 aromatic rings. The molecular formula is C11H7ClN4S. The standard InChI is InChI=1S/C11H7ClN4S/c12-10-14-9(15-11(13)16-10)8-5-6-3-1-2-4-7(6)17-8/h1-5H,(H2,13,14,15,16). The van der Waals surface area contributed by atoms with Crippen LogP contribution in [0.1, 0.15) is 0 Å². The van der Waals surface area contributed by atoms with E-state index in [9.17, 15) is 0 Å². The van der Waals surface area contributed by atoms with Crippen LogP contribution in [0.25, 0.3) is 20.8 Å². The van der Waals surface area contributed by atoms with Crippen molar-refractivity contribution in [2.75, 3.05) is 5.73 Å². The summed E-state index contributed by atoms with van der Waals surface area (Å²) < 4.78 is 1.18. The second kappa shape index (κ2) is 3.94. The molecule has 2 heterocycles. The highest BCUT2D eigenvalue weighted by molar-refractivity contribution is 7.22. The van der Waals surface area contributed by atoms with Crippen LogP contribution in [0.2, 0.25) is 5.28 Å². The van der Waals surface area contributed by atoms with Gasteiger partial charge in [-0.3, -0.25) is 0 Å². The number of hydrogen-bond acceptors (Lipinski definition) is 5. The molecule has 2 N–H and O–H groups in total. The molecule has 0 atom stereocenters. The average molecular weight is 263 g/mol. The van der Waals surface area contributed by atoms with E-state index in [1.54, 1.807) is 11.3 Å². The van der Waals surface area contributed by atoms with Crippen molar-refractivity contribution in [2.45, 2.75) is 0 Å². The molecule has 0 radical (unpaired) electrons. The molecule has 4 nitrogen and oxygen atoms in total. The summed E-state index contributed by atoms with van der Waals surface area (Å²) in [6, 6.07) is 10.1. The largest absolute Gasteiger partial charge is 0.368 e. The lowest BCUT2D eigenvalue weighted by atomic mass is 10.2. The number of nitrogens with two attached hydrogens (primary N) is 1. The molecule has 84 valence electrons. The molecule has 1 aromatic carbocycles. The average Bonchev–Trinajstić information content (AvgIpc) is 2.71.